The van der Waals surface area contributed by atoms with Crippen LogP contribution in [0.2, 0.25) is 0 Å². The van der Waals surface area contributed by atoms with Gasteiger partial charge >= 0.3 is 0 Å². The lowest BCUT2D eigenvalue weighted by molar-refractivity contribution is -0.122. The molecule has 1 aliphatic heterocycles. The molecule has 2 amide bonds. The normalized spacial score (nSPS) is 16.1. The number of carbonyl (C=O) groups excluding carboxylic acids is 2. The summed E-state index contributed by atoms with van der Waals surface area (Å²) in [6, 6.07) is 10.3. The molecule has 0 aliphatic carbocycles. The number of anilines is 1. The van der Waals surface area contributed by atoms with E-state index in [4.69, 9.17) is 4.74 Å². The lowest BCUT2D eigenvalue weighted by atomic mass is 10.2. The molecular formula is C18H21N5O3. The quantitative estimate of drug-likeness (QED) is 0.694. The maximum atomic E-state index is 12.0. The molecule has 1 atom stereocenters. The Labute approximate surface area is 151 Å². The molecule has 3 N–H and O–H groups in total. The first-order valence-electron chi connectivity index (χ1n) is 8.57. The standard InChI is InChI=1S/C18H21N5O3/c24-16(9-12-20-18(25)15-3-1-10-19-15)22-13-5-7-14(8-6-13)26-17-4-2-11-21-23-17/h2,4-8,11,15,19H,1,3,9-10,12H2,(H,20,25)(H,22,24). The number of nitrogens with one attached hydrogen (secondary N) is 3. The van der Waals surface area contributed by atoms with Crippen molar-refractivity contribution in [2.24, 2.45) is 0 Å². The van der Waals surface area contributed by atoms with Crippen LogP contribution >= 0.6 is 0 Å². The van der Waals surface area contributed by atoms with Crippen LogP contribution in [0.25, 0.3) is 0 Å². The number of rotatable bonds is 7. The van der Waals surface area contributed by atoms with E-state index in [-0.39, 0.29) is 24.3 Å². The van der Waals surface area contributed by atoms with E-state index < -0.39 is 0 Å². The Morgan fingerprint density at radius 2 is 2.08 bits per heavy atom. The zero-order valence-electron chi connectivity index (χ0n) is 14.3. The van der Waals surface area contributed by atoms with Crippen molar-refractivity contribution in [2.75, 3.05) is 18.4 Å². The summed E-state index contributed by atoms with van der Waals surface area (Å²) in [4.78, 5) is 23.8. The summed E-state index contributed by atoms with van der Waals surface area (Å²) in [5.74, 6) is 0.796. The number of nitrogens with zero attached hydrogens (tertiary/aromatic N) is 2. The second-order valence-electron chi connectivity index (χ2n) is 5.93. The van der Waals surface area contributed by atoms with E-state index in [0.29, 0.717) is 23.9 Å². The maximum absolute atomic E-state index is 12.0. The van der Waals surface area contributed by atoms with Crippen LogP contribution in [0.3, 0.4) is 0 Å². The second-order valence-corrected chi connectivity index (χ2v) is 5.93. The molecule has 136 valence electrons. The van der Waals surface area contributed by atoms with Crippen molar-refractivity contribution < 1.29 is 14.3 Å². The summed E-state index contributed by atoms with van der Waals surface area (Å²) in [5, 5.41) is 16.3. The fraction of sp³-hybridized carbons (Fsp3) is 0.333. The van der Waals surface area contributed by atoms with E-state index in [1.807, 2.05) is 0 Å². The molecule has 1 saturated heterocycles. The smallest absolute Gasteiger partial charge is 0.238 e. The van der Waals surface area contributed by atoms with Crippen molar-refractivity contribution in [2.45, 2.75) is 25.3 Å². The minimum absolute atomic E-state index is 0.0409. The van der Waals surface area contributed by atoms with Crippen LogP contribution < -0.4 is 20.7 Å². The van der Waals surface area contributed by atoms with E-state index in [1.54, 1.807) is 42.6 Å². The number of aromatic nitrogens is 2. The summed E-state index contributed by atoms with van der Waals surface area (Å²) in [5.41, 5.74) is 0.658. The zero-order valence-corrected chi connectivity index (χ0v) is 14.3. The van der Waals surface area contributed by atoms with Crippen molar-refractivity contribution in [3.63, 3.8) is 0 Å². The second kappa shape index (κ2) is 8.91. The summed E-state index contributed by atoms with van der Waals surface area (Å²) < 4.78 is 5.54. The van der Waals surface area contributed by atoms with E-state index in [9.17, 15) is 9.59 Å². The minimum Gasteiger partial charge on any atom is -0.438 e. The van der Waals surface area contributed by atoms with E-state index in [1.165, 1.54) is 0 Å². The topological polar surface area (TPSA) is 105 Å². The number of hydrogen-bond donors (Lipinski definition) is 3. The highest BCUT2D eigenvalue weighted by Crippen LogP contribution is 2.20. The van der Waals surface area contributed by atoms with Gasteiger partial charge in [0, 0.05) is 30.9 Å². The largest absolute Gasteiger partial charge is 0.438 e. The minimum atomic E-state index is -0.160. The number of hydrogen-bond acceptors (Lipinski definition) is 6. The van der Waals surface area contributed by atoms with Crippen LogP contribution in [0.15, 0.2) is 42.6 Å². The molecule has 8 heteroatoms. The van der Waals surface area contributed by atoms with Crippen LogP contribution in [-0.2, 0) is 9.59 Å². The lowest BCUT2D eigenvalue weighted by Crippen LogP contribution is -2.41. The molecule has 1 fully saturated rings. The summed E-state index contributed by atoms with van der Waals surface area (Å²) in [6.45, 7) is 1.19. The Kier molecular flexibility index (Phi) is 6.10. The van der Waals surface area contributed by atoms with Crippen LogP contribution in [-0.4, -0.2) is 41.1 Å². The SMILES string of the molecule is O=C(CCNC(=O)C1CCCN1)Nc1ccc(Oc2cccnn2)cc1. The highest BCUT2D eigenvalue weighted by Gasteiger charge is 2.21. The average molecular weight is 355 g/mol. The number of ether oxygens (including phenoxy) is 1. The van der Waals surface area contributed by atoms with Gasteiger partial charge in [-0.2, -0.15) is 5.10 Å². The van der Waals surface area contributed by atoms with Gasteiger partial charge in [0.2, 0.25) is 17.7 Å². The van der Waals surface area contributed by atoms with Crippen molar-refractivity contribution in [1.82, 2.24) is 20.8 Å². The van der Waals surface area contributed by atoms with Crippen LogP contribution in [0.1, 0.15) is 19.3 Å². The van der Waals surface area contributed by atoms with Gasteiger partial charge in [-0.25, -0.2) is 0 Å². The third kappa shape index (κ3) is 5.25. The fourth-order valence-corrected chi connectivity index (χ4v) is 2.62. The van der Waals surface area contributed by atoms with Crippen molar-refractivity contribution >= 4 is 17.5 Å². The Hall–Kier alpha value is -3.00. The van der Waals surface area contributed by atoms with Crippen LogP contribution in [0, 0.1) is 0 Å². The average Bonchev–Trinajstić information content (AvgIpc) is 3.19. The first-order chi connectivity index (χ1) is 12.7. The monoisotopic (exact) mass is 355 g/mol. The molecule has 0 bridgehead atoms. The van der Waals surface area contributed by atoms with Gasteiger partial charge in [-0.05, 0) is 49.7 Å². The van der Waals surface area contributed by atoms with Gasteiger partial charge in [0.1, 0.15) is 5.75 Å². The molecule has 1 aromatic carbocycles. The fourth-order valence-electron chi connectivity index (χ4n) is 2.62. The summed E-state index contributed by atoms with van der Waals surface area (Å²) in [6.07, 6.45) is 3.64. The van der Waals surface area contributed by atoms with Crippen molar-refractivity contribution in [3.8, 4) is 11.6 Å². The van der Waals surface area contributed by atoms with E-state index in [2.05, 4.69) is 26.1 Å². The molecule has 8 nitrogen and oxygen atoms in total. The molecule has 0 spiro atoms. The molecule has 26 heavy (non-hydrogen) atoms. The Morgan fingerprint density at radius 3 is 2.77 bits per heavy atom. The molecule has 2 heterocycles. The van der Waals surface area contributed by atoms with Gasteiger partial charge in [-0.1, -0.05) is 0 Å². The Bertz CT molecular complexity index is 730. The molecule has 3 rings (SSSR count). The maximum Gasteiger partial charge on any atom is 0.238 e. The molecule has 1 aliphatic rings. The van der Waals surface area contributed by atoms with Gasteiger partial charge in [-0.3, -0.25) is 9.59 Å². The van der Waals surface area contributed by atoms with Crippen molar-refractivity contribution in [1.29, 1.82) is 0 Å². The third-order valence-corrected chi connectivity index (χ3v) is 3.94. The van der Waals surface area contributed by atoms with Crippen molar-refractivity contribution in [3.05, 3.63) is 42.6 Å². The highest BCUT2D eigenvalue weighted by molar-refractivity contribution is 5.91. The van der Waals surface area contributed by atoms with Gasteiger partial charge in [0.15, 0.2) is 0 Å². The first kappa shape index (κ1) is 17.8. The highest BCUT2D eigenvalue weighted by atomic mass is 16.5. The van der Waals surface area contributed by atoms with E-state index >= 15 is 0 Å². The van der Waals surface area contributed by atoms with Gasteiger partial charge < -0.3 is 20.7 Å². The van der Waals surface area contributed by atoms with Gasteiger partial charge in [0.05, 0.1) is 6.04 Å². The molecule has 2 aromatic rings. The lowest BCUT2D eigenvalue weighted by Gasteiger charge is -2.11. The van der Waals surface area contributed by atoms with Gasteiger partial charge in [-0.15, -0.1) is 5.10 Å². The summed E-state index contributed by atoms with van der Waals surface area (Å²) >= 11 is 0. The number of carbonyl (C=O) groups is 2. The molecule has 1 aromatic heterocycles. The van der Waals surface area contributed by atoms with Crippen LogP contribution in [0.5, 0.6) is 11.6 Å². The molecule has 0 radical (unpaired) electrons. The predicted molar refractivity (Wildman–Crippen MR) is 95.8 cm³/mol. The Morgan fingerprint density at radius 1 is 1.23 bits per heavy atom. The van der Waals surface area contributed by atoms with E-state index in [0.717, 1.165) is 19.4 Å². The Balaban J connectivity index is 1.40. The zero-order chi connectivity index (χ0) is 18.2. The van der Waals surface area contributed by atoms with Crippen LogP contribution in [0.4, 0.5) is 5.69 Å². The number of amides is 2. The molecule has 1 unspecified atom stereocenters. The number of benzene rings is 1. The molecular weight excluding hydrogens is 334 g/mol. The van der Waals surface area contributed by atoms with Gasteiger partial charge in [0.25, 0.3) is 0 Å². The first-order valence-corrected chi connectivity index (χ1v) is 8.57. The third-order valence-electron chi connectivity index (χ3n) is 3.94. The predicted octanol–water partition coefficient (Wildman–Crippen LogP) is 1.47. The summed E-state index contributed by atoms with van der Waals surface area (Å²) in [7, 11) is 0. The molecule has 0 saturated carbocycles.